The Kier molecular flexibility index (Phi) is 5.09. The third kappa shape index (κ3) is 3.68. The van der Waals surface area contributed by atoms with Crippen LogP contribution in [0.4, 0.5) is 11.4 Å². The first kappa shape index (κ1) is 18.6. The lowest BCUT2D eigenvalue weighted by Gasteiger charge is -2.38. The third-order valence-electron chi connectivity index (χ3n) is 6.83. The van der Waals surface area contributed by atoms with E-state index < -0.39 is 0 Å². The van der Waals surface area contributed by atoms with E-state index in [1.807, 2.05) is 6.92 Å². The minimum absolute atomic E-state index is 0.0209. The fourth-order valence-corrected chi connectivity index (χ4v) is 5.54. The van der Waals surface area contributed by atoms with Gasteiger partial charge in [0.2, 0.25) is 0 Å². The molecule has 3 saturated carbocycles. The molecule has 4 rings (SSSR count). The van der Waals surface area contributed by atoms with Gasteiger partial charge in [0.1, 0.15) is 0 Å². The Bertz CT molecular complexity index is 702. The van der Waals surface area contributed by atoms with E-state index in [2.05, 4.69) is 36.9 Å². The van der Waals surface area contributed by atoms with Crippen LogP contribution in [0.3, 0.4) is 0 Å². The number of nitrogen functional groups attached to an aromatic ring is 1. The van der Waals surface area contributed by atoms with Gasteiger partial charge in [0.05, 0.1) is 23.9 Å². The summed E-state index contributed by atoms with van der Waals surface area (Å²) in [6.07, 6.45) is 6.42. The van der Waals surface area contributed by atoms with Gasteiger partial charge in [0.25, 0.3) is 0 Å². The zero-order valence-electron chi connectivity index (χ0n) is 17.0. The highest BCUT2D eigenvalue weighted by Crippen LogP contribution is 2.51. The maximum absolute atomic E-state index is 12.0. The first-order valence-electron chi connectivity index (χ1n) is 10.8. The van der Waals surface area contributed by atoms with E-state index in [4.69, 9.17) is 10.5 Å². The molecule has 0 radical (unpaired) electrons. The van der Waals surface area contributed by atoms with E-state index in [0.29, 0.717) is 18.6 Å². The van der Waals surface area contributed by atoms with Gasteiger partial charge in [0, 0.05) is 12.6 Å². The lowest BCUT2D eigenvalue weighted by Crippen LogP contribution is -2.41. The number of hydrogen-bond donors (Lipinski definition) is 1. The fourth-order valence-electron chi connectivity index (χ4n) is 5.54. The number of carbonyl (C=O) groups is 1. The van der Waals surface area contributed by atoms with Crippen LogP contribution < -0.4 is 10.6 Å². The first-order valence-corrected chi connectivity index (χ1v) is 10.8. The largest absolute Gasteiger partial charge is 0.466 e. The van der Waals surface area contributed by atoms with Crippen molar-refractivity contribution in [2.45, 2.75) is 64.8 Å². The SMILES string of the molecule is CCOC(=O)[C@@H]1C[C@@H]1c1ccc(N(CC(C)C)[C@@H]2C[C@H]3CC[C@@H]2C3)c(N)c1. The molecule has 3 aliphatic carbocycles. The Morgan fingerprint density at radius 3 is 2.67 bits per heavy atom. The minimum Gasteiger partial charge on any atom is -0.466 e. The fraction of sp³-hybridized carbons (Fsp3) is 0.696. The van der Waals surface area contributed by atoms with Crippen molar-refractivity contribution in [3.63, 3.8) is 0 Å². The molecular weight excluding hydrogens is 336 g/mol. The quantitative estimate of drug-likeness (QED) is 0.563. The number of hydrogen-bond acceptors (Lipinski definition) is 4. The molecule has 0 saturated heterocycles. The maximum Gasteiger partial charge on any atom is 0.309 e. The number of benzene rings is 1. The topological polar surface area (TPSA) is 55.6 Å². The van der Waals surface area contributed by atoms with Gasteiger partial charge in [0.15, 0.2) is 0 Å². The highest BCUT2D eigenvalue weighted by molar-refractivity contribution is 5.78. The Morgan fingerprint density at radius 1 is 1.26 bits per heavy atom. The average Bonchev–Trinajstić information content (AvgIpc) is 3.15. The summed E-state index contributed by atoms with van der Waals surface area (Å²) in [5.41, 5.74) is 9.80. The summed E-state index contributed by atoms with van der Waals surface area (Å²) in [6.45, 7) is 7.96. The van der Waals surface area contributed by atoms with E-state index in [-0.39, 0.29) is 17.8 Å². The molecule has 0 spiro atoms. The number of nitrogens with zero attached hydrogens (tertiary/aromatic N) is 1. The molecule has 0 aliphatic heterocycles. The number of fused-ring (bicyclic) bond motifs is 2. The number of nitrogens with two attached hydrogens (primary N) is 1. The molecule has 4 nitrogen and oxygen atoms in total. The van der Waals surface area contributed by atoms with E-state index in [0.717, 1.165) is 30.5 Å². The number of ether oxygens (including phenoxy) is 1. The van der Waals surface area contributed by atoms with Crippen LogP contribution in [-0.4, -0.2) is 25.2 Å². The third-order valence-corrected chi connectivity index (χ3v) is 6.83. The van der Waals surface area contributed by atoms with Crippen molar-refractivity contribution in [3.05, 3.63) is 23.8 Å². The molecule has 2 N–H and O–H groups in total. The standard InChI is InChI=1S/C23H34N2O2/c1-4-27-23(26)19-12-18(19)16-7-8-21(20(24)11-16)25(13-14(2)3)22-10-15-5-6-17(22)9-15/h7-8,11,14-15,17-19,22H,4-6,9-10,12-13,24H2,1-3H3/t15-,17+,18+,19+,22+/m0/s1. The van der Waals surface area contributed by atoms with Gasteiger partial charge in [-0.05, 0) is 74.0 Å². The first-order chi connectivity index (χ1) is 13.0. The van der Waals surface area contributed by atoms with Crippen LogP contribution in [0, 0.1) is 23.7 Å². The Labute approximate surface area is 163 Å². The van der Waals surface area contributed by atoms with Crippen LogP contribution in [-0.2, 0) is 9.53 Å². The molecule has 0 aromatic heterocycles. The average molecular weight is 371 g/mol. The van der Waals surface area contributed by atoms with E-state index >= 15 is 0 Å². The second kappa shape index (κ2) is 7.37. The molecule has 1 aromatic carbocycles. The molecule has 1 aromatic rings. The van der Waals surface area contributed by atoms with Crippen LogP contribution >= 0.6 is 0 Å². The lowest BCUT2D eigenvalue weighted by atomic mass is 9.92. The van der Waals surface area contributed by atoms with Gasteiger partial charge < -0.3 is 15.4 Å². The molecule has 0 amide bonds. The summed E-state index contributed by atoms with van der Waals surface area (Å²) < 4.78 is 5.17. The summed E-state index contributed by atoms with van der Waals surface area (Å²) in [5, 5.41) is 0. The number of esters is 1. The molecule has 3 fully saturated rings. The molecule has 4 heteroatoms. The van der Waals surface area contributed by atoms with Gasteiger partial charge in [-0.15, -0.1) is 0 Å². The molecule has 148 valence electrons. The molecule has 3 aliphatic rings. The van der Waals surface area contributed by atoms with Crippen LogP contribution in [0.15, 0.2) is 18.2 Å². The molecule has 27 heavy (non-hydrogen) atoms. The van der Waals surface area contributed by atoms with Gasteiger partial charge in [-0.1, -0.05) is 26.3 Å². The summed E-state index contributed by atoms with van der Waals surface area (Å²) in [4.78, 5) is 14.6. The Morgan fingerprint density at radius 2 is 2.07 bits per heavy atom. The smallest absolute Gasteiger partial charge is 0.309 e. The van der Waals surface area contributed by atoms with Crippen LogP contribution in [0.1, 0.15) is 64.4 Å². The summed E-state index contributed by atoms with van der Waals surface area (Å²) in [7, 11) is 0. The van der Waals surface area contributed by atoms with Crippen molar-refractivity contribution in [1.82, 2.24) is 0 Å². The van der Waals surface area contributed by atoms with E-state index in [1.165, 1.54) is 36.9 Å². The van der Waals surface area contributed by atoms with Gasteiger partial charge in [-0.25, -0.2) is 0 Å². The predicted octanol–water partition coefficient (Wildman–Crippen LogP) is 4.59. The second-order valence-corrected chi connectivity index (χ2v) is 9.31. The molecular formula is C23H34N2O2. The highest BCUT2D eigenvalue weighted by Gasteiger charge is 2.46. The van der Waals surface area contributed by atoms with Crippen LogP contribution in [0.2, 0.25) is 0 Å². The second-order valence-electron chi connectivity index (χ2n) is 9.31. The van der Waals surface area contributed by atoms with Crippen molar-refractivity contribution < 1.29 is 9.53 Å². The zero-order chi connectivity index (χ0) is 19.1. The van der Waals surface area contributed by atoms with Crippen molar-refractivity contribution >= 4 is 17.3 Å². The zero-order valence-corrected chi connectivity index (χ0v) is 17.0. The molecule has 5 atom stereocenters. The summed E-state index contributed by atoms with van der Waals surface area (Å²) in [6, 6.07) is 7.16. The van der Waals surface area contributed by atoms with Crippen molar-refractivity contribution in [3.8, 4) is 0 Å². The summed E-state index contributed by atoms with van der Waals surface area (Å²) >= 11 is 0. The Hall–Kier alpha value is -1.71. The van der Waals surface area contributed by atoms with Gasteiger partial charge >= 0.3 is 5.97 Å². The van der Waals surface area contributed by atoms with E-state index in [9.17, 15) is 4.79 Å². The van der Waals surface area contributed by atoms with Crippen molar-refractivity contribution in [2.75, 3.05) is 23.8 Å². The highest BCUT2D eigenvalue weighted by atomic mass is 16.5. The van der Waals surface area contributed by atoms with Crippen molar-refractivity contribution in [2.24, 2.45) is 23.7 Å². The van der Waals surface area contributed by atoms with Crippen LogP contribution in [0.25, 0.3) is 0 Å². The molecule has 0 unspecified atom stereocenters. The minimum atomic E-state index is -0.0615. The summed E-state index contributed by atoms with van der Waals surface area (Å²) in [5.74, 6) is 2.61. The number of rotatable bonds is 7. The van der Waals surface area contributed by atoms with Gasteiger partial charge in [-0.3, -0.25) is 4.79 Å². The maximum atomic E-state index is 12.0. The number of anilines is 2. The van der Waals surface area contributed by atoms with Gasteiger partial charge in [-0.2, -0.15) is 0 Å². The normalized spacial score (nSPS) is 31.3. The molecule has 0 heterocycles. The van der Waals surface area contributed by atoms with Crippen LogP contribution in [0.5, 0.6) is 0 Å². The predicted molar refractivity (Wildman–Crippen MR) is 110 cm³/mol. The molecule has 2 bridgehead atoms. The Balaban J connectivity index is 1.52. The van der Waals surface area contributed by atoms with E-state index in [1.54, 1.807) is 0 Å². The van der Waals surface area contributed by atoms with Crippen molar-refractivity contribution in [1.29, 1.82) is 0 Å². The number of carbonyl (C=O) groups excluding carboxylic acids is 1. The monoisotopic (exact) mass is 370 g/mol. The lowest BCUT2D eigenvalue weighted by molar-refractivity contribution is -0.144.